The SMILES string of the molecule is COc1ccc(C(=O)COC(=O)c2nc3nccc(C)n3n2)cc1OC. The van der Waals surface area contributed by atoms with Crippen LogP contribution >= 0.6 is 0 Å². The Bertz CT molecular complexity index is 982. The molecule has 2 aromatic heterocycles. The van der Waals surface area contributed by atoms with E-state index in [2.05, 4.69) is 15.1 Å². The molecule has 0 atom stereocenters. The highest BCUT2D eigenvalue weighted by Gasteiger charge is 2.18. The molecule has 0 N–H and O–H groups in total. The fourth-order valence-electron chi connectivity index (χ4n) is 2.28. The lowest BCUT2D eigenvalue weighted by Gasteiger charge is -2.09. The van der Waals surface area contributed by atoms with Crippen LogP contribution in [0, 0.1) is 6.92 Å². The highest BCUT2D eigenvalue weighted by atomic mass is 16.5. The zero-order valence-electron chi connectivity index (χ0n) is 14.4. The summed E-state index contributed by atoms with van der Waals surface area (Å²) >= 11 is 0. The number of hydrogen-bond acceptors (Lipinski definition) is 8. The maximum Gasteiger partial charge on any atom is 0.378 e. The molecule has 0 aliphatic carbocycles. The topological polar surface area (TPSA) is 105 Å². The molecule has 0 radical (unpaired) electrons. The number of ether oxygens (including phenoxy) is 3. The minimum absolute atomic E-state index is 0.160. The van der Waals surface area contributed by atoms with Gasteiger partial charge < -0.3 is 14.2 Å². The van der Waals surface area contributed by atoms with Crippen LogP contribution in [0.15, 0.2) is 30.5 Å². The Labute approximate surface area is 148 Å². The largest absolute Gasteiger partial charge is 0.493 e. The van der Waals surface area contributed by atoms with Gasteiger partial charge in [0.25, 0.3) is 11.6 Å². The summed E-state index contributed by atoms with van der Waals surface area (Å²) in [4.78, 5) is 32.3. The summed E-state index contributed by atoms with van der Waals surface area (Å²) in [7, 11) is 2.97. The molecule has 26 heavy (non-hydrogen) atoms. The minimum Gasteiger partial charge on any atom is -0.493 e. The van der Waals surface area contributed by atoms with Crippen molar-refractivity contribution in [2.75, 3.05) is 20.8 Å². The second-order valence-corrected chi connectivity index (χ2v) is 5.30. The fourth-order valence-corrected chi connectivity index (χ4v) is 2.28. The van der Waals surface area contributed by atoms with Crippen LogP contribution in [0.4, 0.5) is 0 Å². The van der Waals surface area contributed by atoms with E-state index in [1.165, 1.54) is 24.8 Å². The third-order valence-electron chi connectivity index (χ3n) is 3.65. The van der Waals surface area contributed by atoms with E-state index < -0.39 is 18.4 Å². The zero-order valence-corrected chi connectivity index (χ0v) is 14.4. The molecule has 0 aliphatic rings. The molecule has 0 bridgehead atoms. The summed E-state index contributed by atoms with van der Waals surface area (Å²) in [6.45, 7) is 1.36. The predicted molar refractivity (Wildman–Crippen MR) is 89.7 cm³/mol. The number of fused-ring (bicyclic) bond motifs is 1. The molecule has 0 fully saturated rings. The molecule has 0 aliphatic heterocycles. The summed E-state index contributed by atoms with van der Waals surface area (Å²) < 4.78 is 16.7. The number of rotatable bonds is 6. The van der Waals surface area contributed by atoms with Gasteiger partial charge in [0, 0.05) is 17.5 Å². The number of carbonyl (C=O) groups is 2. The molecule has 3 aromatic rings. The monoisotopic (exact) mass is 356 g/mol. The van der Waals surface area contributed by atoms with Crippen LogP contribution < -0.4 is 9.47 Å². The van der Waals surface area contributed by atoms with Crippen LogP contribution in [0.1, 0.15) is 26.7 Å². The molecule has 0 saturated carbocycles. The molecule has 9 heteroatoms. The molecule has 134 valence electrons. The molecule has 9 nitrogen and oxygen atoms in total. The highest BCUT2D eigenvalue weighted by Crippen LogP contribution is 2.27. The quantitative estimate of drug-likeness (QED) is 0.483. The number of methoxy groups -OCH3 is 2. The van der Waals surface area contributed by atoms with Crippen molar-refractivity contribution in [3.05, 3.63) is 47.5 Å². The average molecular weight is 356 g/mol. The molecule has 1 aromatic carbocycles. The molecule has 0 unspecified atom stereocenters. The lowest BCUT2D eigenvalue weighted by Crippen LogP contribution is -2.15. The van der Waals surface area contributed by atoms with Gasteiger partial charge in [0.15, 0.2) is 23.9 Å². The molecule has 3 rings (SSSR count). The summed E-state index contributed by atoms with van der Waals surface area (Å²) in [6, 6.07) is 6.42. The predicted octanol–water partition coefficient (Wildman–Crippen LogP) is 1.49. The van der Waals surface area contributed by atoms with Crippen molar-refractivity contribution in [3.63, 3.8) is 0 Å². The van der Waals surface area contributed by atoms with Crippen LogP contribution in [-0.4, -0.2) is 52.2 Å². The normalized spacial score (nSPS) is 10.6. The van der Waals surface area contributed by atoms with Crippen LogP contribution in [0.3, 0.4) is 0 Å². The van der Waals surface area contributed by atoms with E-state index in [1.54, 1.807) is 31.3 Å². The summed E-state index contributed by atoms with van der Waals surface area (Å²) in [5.74, 6) is -0.165. The van der Waals surface area contributed by atoms with Crippen molar-refractivity contribution in [1.82, 2.24) is 19.6 Å². The van der Waals surface area contributed by atoms with E-state index in [9.17, 15) is 9.59 Å². The van der Waals surface area contributed by atoms with Gasteiger partial charge in [-0.25, -0.2) is 14.3 Å². The Morgan fingerprint density at radius 3 is 2.58 bits per heavy atom. The van der Waals surface area contributed by atoms with E-state index in [0.29, 0.717) is 17.1 Å². The lowest BCUT2D eigenvalue weighted by atomic mass is 10.1. The van der Waals surface area contributed by atoms with E-state index in [4.69, 9.17) is 14.2 Å². The maximum absolute atomic E-state index is 12.2. The van der Waals surface area contributed by atoms with E-state index in [1.807, 2.05) is 0 Å². The summed E-state index contributed by atoms with van der Waals surface area (Å²) in [5.41, 5.74) is 1.10. The summed E-state index contributed by atoms with van der Waals surface area (Å²) in [6.07, 6.45) is 1.56. The number of aromatic nitrogens is 4. The summed E-state index contributed by atoms with van der Waals surface area (Å²) in [5, 5.41) is 4.03. The van der Waals surface area contributed by atoms with Gasteiger partial charge in [-0.1, -0.05) is 0 Å². The number of hydrogen-bond donors (Lipinski definition) is 0. The highest BCUT2D eigenvalue weighted by molar-refractivity contribution is 5.99. The van der Waals surface area contributed by atoms with Crippen molar-refractivity contribution in [2.45, 2.75) is 6.92 Å². The van der Waals surface area contributed by atoms with Gasteiger partial charge in [-0.15, -0.1) is 5.10 Å². The van der Waals surface area contributed by atoms with Crippen molar-refractivity contribution < 1.29 is 23.8 Å². The van der Waals surface area contributed by atoms with E-state index >= 15 is 0 Å². The van der Waals surface area contributed by atoms with Gasteiger partial charge >= 0.3 is 5.97 Å². The lowest BCUT2D eigenvalue weighted by molar-refractivity contribution is 0.0463. The molecular formula is C17H16N4O5. The van der Waals surface area contributed by atoms with Crippen molar-refractivity contribution in [1.29, 1.82) is 0 Å². The Kier molecular flexibility index (Phi) is 4.78. The van der Waals surface area contributed by atoms with Gasteiger partial charge in [0.05, 0.1) is 14.2 Å². The van der Waals surface area contributed by atoms with Crippen molar-refractivity contribution in [2.24, 2.45) is 0 Å². The third kappa shape index (κ3) is 3.32. The standard InChI is InChI=1S/C17H16N4O5/c1-10-6-7-18-17-19-15(20-21(10)17)16(23)26-9-12(22)11-4-5-13(24-2)14(8-11)25-3/h4-8H,9H2,1-3H3. The minimum atomic E-state index is -0.802. The second-order valence-electron chi connectivity index (χ2n) is 5.30. The van der Waals surface area contributed by atoms with Gasteiger partial charge in [-0.05, 0) is 31.2 Å². The Balaban J connectivity index is 1.70. The van der Waals surface area contributed by atoms with Crippen molar-refractivity contribution >= 4 is 17.5 Å². The van der Waals surface area contributed by atoms with Gasteiger partial charge in [0.2, 0.25) is 0 Å². The zero-order chi connectivity index (χ0) is 18.7. The average Bonchev–Trinajstić information content (AvgIpc) is 3.11. The fraction of sp³-hybridized carbons (Fsp3) is 0.235. The number of nitrogens with zero attached hydrogens (tertiary/aromatic N) is 4. The number of benzene rings is 1. The van der Waals surface area contributed by atoms with Crippen molar-refractivity contribution in [3.8, 4) is 11.5 Å². The maximum atomic E-state index is 12.2. The van der Waals surface area contributed by atoms with E-state index in [-0.39, 0.29) is 11.6 Å². The molecule has 2 heterocycles. The molecule has 0 saturated heterocycles. The molecule has 0 spiro atoms. The van der Waals surface area contributed by atoms with Crippen LogP contribution in [0.2, 0.25) is 0 Å². The Morgan fingerprint density at radius 1 is 1.12 bits per heavy atom. The van der Waals surface area contributed by atoms with Crippen LogP contribution in [-0.2, 0) is 4.74 Å². The smallest absolute Gasteiger partial charge is 0.378 e. The molecule has 0 amide bonds. The number of aryl methyl sites for hydroxylation is 1. The third-order valence-corrected chi connectivity index (χ3v) is 3.65. The first-order chi connectivity index (χ1) is 12.5. The molecular weight excluding hydrogens is 340 g/mol. The van der Waals surface area contributed by atoms with E-state index in [0.717, 1.165) is 5.69 Å². The number of carbonyl (C=O) groups excluding carboxylic acids is 2. The Morgan fingerprint density at radius 2 is 1.88 bits per heavy atom. The first-order valence-corrected chi connectivity index (χ1v) is 7.64. The first-order valence-electron chi connectivity index (χ1n) is 7.64. The van der Waals surface area contributed by atoms with Gasteiger partial charge in [-0.2, -0.15) is 4.98 Å². The van der Waals surface area contributed by atoms with Gasteiger partial charge in [-0.3, -0.25) is 4.79 Å². The van der Waals surface area contributed by atoms with Gasteiger partial charge in [0.1, 0.15) is 0 Å². The number of esters is 1. The first kappa shape index (κ1) is 17.3. The number of Topliss-reactive ketones (excluding diaryl/α,β-unsaturated/α-hetero) is 1. The number of ketones is 1. The van der Waals surface area contributed by atoms with Crippen LogP contribution in [0.25, 0.3) is 5.78 Å². The Hall–Kier alpha value is -3.49. The van der Waals surface area contributed by atoms with Crippen LogP contribution in [0.5, 0.6) is 11.5 Å². The second kappa shape index (κ2) is 7.18.